The van der Waals surface area contributed by atoms with Crippen LogP contribution < -0.4 is 20.1 Å². The molecular weight excluding hydrogens is 468 g/mol. The summed E-state index contributed by atoms with van der Waals surface area (Å²) >= 11 is 0. The van der Waals surface area contributed by atoms with E-state index in [9.17, 15) is 9.59 Å². The lowest BCUT2D eigenvalue weighted by molar-refractivity contribution is 0.0936. The SMILES string of the molecule is CCCCCCCCCCOc1ccc(C(=O)Nc2cc(C(=O)NCCOC)ccc2OCCC)cc1. The predicted molar refractivity (Wildman–Crippen MR) is 149 cm³/mol. The molecule has 0 aliphatic heterocycles. The molecule has 0 heterocycles. The fraction of sp³-hybridized carbons (Fsp3) is 0.533. The first kappa shape index (κ1) is 30.2. The number of carbonyl (C=O) groups excluding carboxylic acids is 2. The van der Waals surface area contributed by atoms with E-state index in [1.165, 1.54) is 44.9 Å². The van der Waals surface area contributed by atoms with E-state index in [1.54, 1.807) is 37.4 Å². The third kappa shape index (κ3) is 11.7. The van der Waals surface area contributed by atoms with Crippen LogP contribution in [-0.4, -0.2) is 45.3 Å². The first-order valence-electron chi connectivity index (χ1n) is 13.7. The van der Waals surface area contributed by atoms with Crippen molar-refractivity contribution < 1.29 is 23.8 Å². The molecule has 2 amide bonds. The molecule has 37 heavy (non-hydrogen) atoms. The third-order valence-electron chi connectivity index (χ3n) is 5.93. The van der Waals surface area contributed by atoms with Crippen molar-refractivity contribution in [3.63, 3.8) is 0 Å². The van der Waals surface area contributed by atoms with Crippen molar-refractivity contribution in [1.29, 1.82) is 0 Å². The first-order valence-corrected chi connectivity index (χ1v) is 13.7. The number of hydrogen-bond donors (Lipinski definition) is 2. The van der Waals surface area contributed by atoms with Gasteiger partial charge in [0.05, 0.1) is 25.5 Å². The van der Waals surface area contributed by atoms with Crippen LogP contribution in [0.1, 0.15) is 92.4 Å². The van der Waals surface area contributed by atoms with Crippen molar-refractivity contribution >= 4 is 17.5 Å². The van der Waals surface area contributed by atoms with E-state index in [1.807, 2.05) is 19.1 Å². The van der Waals surface area contributed by atoms with Gasteiger partial charge >= 0.3 is 0 Å². The highest BCUT2D eigenvalue weighted by Crippen LogP contribution is 2.27. The average molecular weight is 513 g/mol. The number of carbonyl (C=O) groups is 2. The minimum Gasteiger partial charge on any atom is -0.494 e. The second-order valence-corrected chi connectivity index (χ2v) is 9.11. The number of hydrogen-bond acceptors (Lipinski definition) is 5. The van der Waals surface area contributed by atoms with Gasteiger partial charge in [0, 0.05) is 24.8 Å². The summed E-state index contributed by atoms with van der Waals surface area (Å²) in [6.07, 6.45) is 10.9. The summed E-state index contributed by atoms with van der Waals surface area (Å²) in [6.45, 7) is 6.26. The average Bonchev–Trinajstić information content (AvgIpc) is 2.91. The van der Waals surface area contributed by atoms with Gasteiger partial charge in [-0.15, -0.1) is 0 Å². The standard InChI is InChI=1S/C30H44N2O5/c1-4-6-7-8-9-10-11-12-21-36-26-16-13-24(14-17-26)30(34)32-27-23-25(29(33)31-19-22-35-3)15-18-28(27)37-20-5-2/h13-18,23H,4-12,19-22H2,1-3H3,(H,31,33)(H,32,34). The Morgan fingerprint density at radius 1 is 0.703 bits per heavy atom. The summed E-state index contributed by atoms with van der Waals surface area (Å²) < 4.78 is 16.6. The minimum atomic E-state index is -0.284. The van der Waals surface area contributed by atoms with Crippen LogP contribution in [0.15, 0.2) is 42.5 Å². The fourth-order valence-electron chi connectivity index (χ4n) is 3.80. The van der Waals surface area contributed by atoms with E-state index in [-0.39, 0.29) is 11.8 Å². The van der Waals surface area contributed by atoms with E-state index >= 15 is 0 Å². The van der Waals surface area contributed by atoms with Crippen molar-refractivity contribution in [2.24, 2.45) is 0 Å². The molecule has 0 bridgehead atoms. The van der Waals surface area contributed by atoms with Gasteiger partial charge in [-0.2, -0.15) is 0 Å². The summed E-state index contributed by atoms with van der Waals surface area (Å²) in [5.74, 6) is 0.746. The molecule has 0 aliphatic carbocycles. The molecule has 2 aromatic carbocycles. The number of benzene rings is 2. The number of rotatable bonds is 19. The molecule has 2 N–H and O–H groups in total. The number of anilines is 1. The molecule has 0 fully saturated rings. The molecule has 0 spiro atoms. The maximum Gasteiger partial charge on any atom is 0.255 e. The summed E-state index contributed by atoms with van der Waals surface area (Å²) in [5, 5.41) is 5.68. The van der Waals surface area contributed by atoms with Crippen molar-refractivity contribution in [1.82, 2.24) is 5.32 Å². The van der Waals surface area contributed by atoms with Gasteiger partial charge in [-0.05, 0) is 55.3 Å². The lowest BCUT2D eigenvalue weighted by Gasteiger charge is -2.14. The van der Waals surface area contributed by atoms with Crippen LogP contribution >= 0.6 is 0 Å². The predicted octanol–water partition coefficient (Wildman–Crippen LogP) is 6.62. The van der Waals surface area contributed by atoms with Gasteiger partial charge in [-0.25, -0.2) is 0 Å². The summed E-state index contributed by atoms with van der Waals surface area (Å²) in [5.41, 5.74) is 1.38. The highest BCUT2D eigenvalue weighted by atomic mass is 16.5. The molecule has 2 aromatic rings. The van der Waals surface area contributed by atoms with Gasteiger partial charge in [0.1, 0.15) is 11.5 Å². The third-order valence-corrected chi connectivity index (χ3v) is 5.93. The summed E-state index contributed by atoms with van der Waals surface area (Å²) in [4.78, 5) is 25.4. The largest absolute Gasteiger partial charge is 0.494 e. The van der Waals surface area contributed by atoms with Crippen molar-refractivity contribution in [3.8, 4) is 11.5 Å². The molecule has 7 nitrogen and oxygen atoms in total. The van der Waals surface area contributed by atoms with Gasteiger partial charge in [0.2, 0.25) is 0 Å². The number of nitrogens with one attached hydrogen (secondary N) is 2. The van der Waals surface area contributed by atoms with Crippen LogP contribution in [0.4, 0.5) is 5.69 Å². The van der Waals surface area contributed by atoms with E-state index in [0.29, 0.717) is 48.9 Å². The second kappa shape index (κ2) is 18.2. The van der Waals surface area contributed by atoms with Gasteiger partial charge in [0.15, 0.2) is 0 Å². The van der Waals surface area contributed by atoms with Gasteiger partial charge in [-0.1, -0.05) is 58.8 Å². The van der Waals surface area contributed by atoms with Crippen LogP contribution in [0, 0.1) is 0 Å². The monoisotopic (exact) mass is 512 g/mol. The highest BCUT2D eigenvalue weighted by molar-refractivity contribution is 6.06. The lowest BCUT2D eigenvalue weighted by Crippen LogP contribution is -2.27. The first-order chi connectivity index (χ1) is 18.1. The number of methoxy groups -OCH3 is 1. The van der Waals surface area contributed by atoms with E-state index in [2.05, 4.69) is 17.6 Å². The van der Waals surface area contributed by atoms with E-state index in [0.717, 1.165) is 18.6 Å². The second-order valence-electron chi connectivity index (χ2n) is 9.11. The van der Waals surface area contributed by atoms with Crippen molar-refractivity contribution in [2.45, 2.75) is 71.6 Å². The number of amides is 2. The van der Waals surface area contributed by atoms with E-state index in [4.69, 9.17) is 14.2 Å². The number of ether oxygens (including phenoxy) is 3. The van der Waals surface area contributed by atoms with Gasteiger partial charge in [0.25, 0.3) is 11.8 Å². The zero-order chi connectivity index (χ0) is 26.7. The summed E-state index contributed by atoms with van der Waals surface area (Å²) in [7, 11) is 1.58. The van der Waals surface area contributed by atoms with Gasteiger partial charge in [-0.3, -0.25) is 9.59 Å². The lowest BCUT2D eigenvalue weighted by atomic mass is 10.1. The fourth-order valence-corrected chi connectivity index (χ4v) is 3.80. The van der Waals surface area contributed by atoms with Crippen LogP contribution in [0.3, 0.4) is 0 Å². The minimum absolute atomic E-state index is 0.243. The molecule has 0 radical (unpaired) electrons. The maximum atomic E-state index is 12.9. The molecule has 0 aliphatic rings. The van der Waals surface area contributed by atoms with Crippen molar-refractivity contribution in [2.75, 3.05) is 38.8 Å². The maximum absolute atomic E-state index is 12.9. The Labute approximate surface area is 222 Å². The molecule has 0 saturated heterocycles. The number of unbranched alkanes of at least 4 members (excludes halogenated alkanes) is 7. The molecule has 7 heteroatoms. The van der Waals surface area contributed by atoms with Crippen LogP contribution in [-0.2, 0) is 4.74 Å². The smallest absolute Gasteiger partial charge is 0.255 e. The zero-order valence-corrected chi connectivity index (χ0v) is 22.8. The van der Waals surface area contributed by atoms with Gasteiger partial charge < -0.3 is 24.8 Å². The topological polar surface area (TPSA) is 85.9 Å². The molecule has 204 valence electrons. The Kier molecular flexibility index (Phi) is 14.9. The van der Waals surface area contributed by atoms with Crippen LogP contribution in [0.5, 0.6) is 11.5 Å². The Balaban J connectivity index is 1.89. The molecule has 0 saturated carbocycles. The summed E-state index contributed by atoms with van der Waals surface area (Å²) in [6, 6.07) is 12.1. The molecule has 0 unspecified atom stereocenters. The van der Waals surface area contributed by atoms with E-state index < -0.39 is 0 Å². The Hall–Kier alpha value is -3.06. The Morgan fingerprint density at radius 3 is 2.05 bits per heavy atom. The van der Waals surface area contributed by atoms with Crippen molar-refractivity contribution in [3.05, 3.63) is 53.6 Å². The molecule has 2 rings (SSSR count). The normalized spacial score (nSPS) is 10.7. The zero-order valence-electron chi connectivity index (χ0n) is 22.8. The Bertz CT molecular complexity index is 930. The van der Waals surface area contributed by atoms with Crippen LogP contribution in [0.2, 0.25) is 0 Å². The molecule has 0 atom stereocenters. The molecule has 0 aromatic heterocycles. The Morgan fingerprint density at radius 2 is 1.38 bits per heavy atom. The highest BCUT2D eigenvalue weighted by Gasteiger charge is 2.14. The molecular formula is C30H44N2O5. The quantitative estimate of drug-likeness (QED) is 0.207. The van der Waals surface area contributed by atoms with Crippen LogP contribution in [0.25, 0.3) is 0 Å².